The monoisotopic (exact) mass is 213 g/mol. The quantitative estimate of drug-likeness (QED) is 0.597. The molecule has 0 bridgehead atoms. The second kappa shape index (κ2) is 4.56. The SMILES string of the molecule is Cn1nc(C(=O)O)cc1CNCC(=O)O. The molecule has 0 radical (unpaired) electrons. The minimum absolute atomic E-state index is 0.0513. The number of carboxylic acids is 2. The zero-order valence-electron chi connectivity index (χ0n) is 8.10. The Morgan fingerprint density at radius 3 is 2.67 bits per heavy atom. The zero-order valence-corrected chi connectivity index (χ0v) is 8.10. The van der Waals surface area contributed by atoms with Gasteiger partial charge in [0.15, 0.2) is 5.69 Å². The number of aryl methyl sites for hydroxylation is 1. The van der Waals surface area contributed by atoms with Crippen LogP contribution in [0.25, 0.3) is 0 Å². The normalized spacial score (nSPS) is 10.2. The largest absolute Gasteiger partial charge is 0.480 e. The molecular weight excluding hydrogens is 202 g/mol. The Morgan fingerprint density at radius 1 is 1.53 bits per heavy atom. The fourth-order valence-electron chi connectivity index (χ4n) is 1.07. The summed E-state index contributed by atoms with van der Waals surface area (Å²) in [7, 11) is 1.60. The molecule has 0 unspecified atom stereocenters. The maximum atomic E-state index is 10.6. The number of aromatic nitrogens is 2. The predicted molar refractivity (Wildman–Crippen MR) is 49.5 cm³/mol. The van der Waals surface area contributed by atoms with Crippen molar-refractivity contribution in [3.63, 3.8) is 0 Å². The van der Waals surface area contributed by atoms with Gasteiger partial charge in [-0.05, 0) is 6.07 Å². The summed E-state index contributed by atoms with van der Waals surface area (Å²) in [6.45, 7) is 0.0939. The third kappa shape index (κ3) is 3.06. The van der Waals surface area contributed by atoms with Crippen LogP contribution < -0.4 is 5.32 Å². The lowest BCUT2D eigenvalue weighted by Gasteiger charge is -2.01. The molecule has 0 amide bonds. The fourth-order valence-corrected chi connectivity index (χ4v) is 1.07. The van der Waals surface area contributed by atoms with Crippen LogP contribution in [0.2, 0.25) is 0 Å². The summed E-state index contributed by atoms with van der Waals surface area (Å²) in [5.41, 5.74) is 0.568. The molecule has 1 heterocycles. The first-order valence-corrected chi connectivity index (χ1v) is 4.19. The predicted octanol–water partition coefficient (Wildman–Crippen LogP) is -0.707. The average Bonchev–Trinajstić information content (AvgIpc) is 2.47. The van der Waals surface area contributed by atoms with E-state index in [9.17, 15) is 9.59 Å². The van der Waals surface area contributed by atoms with Crippen molar-refractivity contribution in [2.24, 2.45) is 7.05 Å². The lowest BCUT2D eigenvalue weighted by molar-refractivity contribution is -0.136. The molecule has 15 heavy (non-hydrogen) atoms. The minimum atomic E-state index is -1.10. The summed E-state index contributed by atoms with van der Waals surface area (Å²) in [5.74, 6) is -2.06. The van der Waals surface area contributed by atoms with Crippen molar-refractivity contribution in [3.05, 3.63) is 17.5 Å². The Morgan fingerprint density at radius 2 is 2.20 bits per heavy atom. The van der Waals surface area contributed by atoms with Crippen LogP contribution in [0, 0.1) is 0 Å². The van der Waals surface area contributed by atoms with Crippen LogP contribution in [-0.2, 0) is 18.4 Å². The first-order valence-electron chi connectivity index (χ1n) is 4.19. The Balaban J connectivity index is 2.61. The van der Waals surface area contributed by atoms with Gasteiger partial charge in [0.1, 0.15) is 0 Å². The van der Waals surface area contributed by atoms with Gasteiger partial charge in [0.2, 0.25) is 0 Å². The van der Waals surface area contributed by atoms with E-state index in [2.05, 4.69) is 10.4 Å². The van der Waals surface area contributed by atoms with E-state index >= 15 is 0 Å². The van der Waals surface area contributed by atoms with Gasteiger partial charge in [-0.3, -0.25) is 9.48 Å². The van der Waals surface area contributed by atoms with Gasteiger partial charge in [0.05, 0.1) is 12.2 Å². The molecule has 7 nitrogen and oxygen atoms in total. The van der Waals surface area contributed by atoms with Gasteiger partial charge in [-0.1, -0.05) is 0 Å². The first-order chi connectivity index (χ1) is 7.00. The molecule has 3 N–H and O–H groups in total. The standard InChI is InChI=1S/C8H11N3O4/c1-11-5(3-9-4-7(12)13)2-6(10-11)8(14)15/h2,9H,3-4H2,1H3,(H,12,13)(H,14,15). The third-order valence-electron chi connectivity index (χ3n) is 1.78. The molecule has 1 aromatic rings. The number of carboxylic acid groups (broad SMARTS) is 2. The molecule has 0 aliphatic rings. The van der Waals surface area contributed by atoms with E-state index in [0.717, 1.165) is 0 Å². The minimum Gasteiger partial charge on any atom is -0.480 e. The van der Waals surface area contributed by atoms with Crippen LogP contribution in [0.1, 0.15) is 16.2 Å². The van der Waals surface area contributed by atoms with E-state index in [1.807, 2.05) is 0 Å². The Hall–Kier alpha value is -1.89. The van der Waals surface area contributed by atoms with Crippen molar-refractivity contribution in [2.75, 3.05) is 6.54 Å². The number of aromatic carboxylic acids is 1. The van der Waals surface area contributed by atoms with Crippen molar-refractivity contribution >= 4 is 11.9 Å². The van der Waals surface area contributed by atoms with Gasteiger partial charge in [-0.2, -0.15) is 5.10 Å². The lowest BCUT2D eigenvalue weighted by Crippen LogP contribution is -2.23. The molecule has 0 aromatic carbocycles. The maximum absolute atomic E-state index is 10.6. The molecule has 0 saturated heterocycles. The Bertz CT molecular complexity index is 385. The number of nitrogens with one attached hydrogen (secondary N) is 1. The van der Waals surface area contributed by atoms with Gasteiger partial charge >= 0.3 is 11.9 Å². The number of hydrogen-bond donors (Lipinski definition) is 3. The van der Waals surface area contributed by atoms with E-state index in [1.165, 1.54) is 10.7 Å². The number of nitrogens with zero attached hydrogens (tertiary/aromatic N) is 2. The van der Waals surface area contributed by atoms with Gasteiger partial charge in [0.25, 0.3) is 0 Å². The highest BCUT2D eigenvalue weighted by Gasteiger charge is 2.10. The molecule has 0 spiro atoms. The molecular formula is C8H11N3O4. The smallest absolute Gasteiger partial charge is 0.356 e. The van der Waals surface area contributed by atoms with Crippen molar-refractivity contribution in [3.8, 4) is 0 Å². The molecule has 0 aliphatic carbocycles. The molecule has 82 valence electrons. The van der Waals surface area contributed by atoms with E-state index in [1.54, 1.807) is 7.05 Å². The highest BCUT2D eigenvalue weighted by Crippen LogP contribution is 2.02. The van der Waals surface area contributed by atoms with Crippen LogP contribution in [0.5, 0.6) is 0 Å². The summed E-state index contributed by atoms with van der Waals surface area (Å²) in [6, 6.07) is 1.40. The van der Waals surface area contributed by atoms with Gasteiger partial charge in [-0.15, -0.1) is 0 Å². The van der Waals surface area contributed by atoms with Crippen LogP contribution in [-0.4, -0.2) is 38.5 Å². The van der Waals surface area contributed by atoms with E-state index in [-0.39, 0.29) is 18.8 Å². The number of carbonyl (C=O) groups is 2. The van der Waals surface area contributed by atoms with Gasteiger partial charge < -0.3 is 15.5 Å². The fraction of sp³-hybridized carbons (Fsp3) is 0.375. The van der Waals surface area contributed by atoms with Crippen LogP contribution in [0.15, 0.2) is 6.07 Å². The van der Waals surface area contributed by atoms with Crippen molar-refractivity contribution in [2.45, 2.75) is 6.54 Å². The van der Waals surface area contributed by atoms with Crippen molar-refractivity contribution in [1.29, 1.82) is 0 Å². The average molecular weight is 213 g/mol. The highest BCUT2D eigenvalue weighted by molar-refractivity contribution is 5.85. The number of aliphatic carboxylic acids is 1. The van der Waals surface area contributed by atoms with Crippen LogP contribution in [0.3, 0.4) is 0 Å². The molecule has 1 aromatic heterocycles. The highest BCUT2D eigenvalue weighted by atomic mass is 16.4. The summed E-state index contributed by atoms with van der Waals surface area (Å²) < 4.78 is 1.40. The number of hydrogen-bond acceptors (Lipinski definition) is 4. The second-order valence-corrected chi connectivity index (χ2v) is 2.95. The maximum Gasteiger partial charge on any atom is 0.356 e. The number of rotatable bonds is 5. The summed E-state index contributed by atoms with van der Waals surface area (Å²) in [5, 5.41) is 23.4. The third-order valence-corrected chi connectivity index (χ3v) is 1.78. The first kappa shape index (κ1) is 11.2. The summed E-state index contributed by atoms with van der Waals surface area (Å²) >= 11 is 0. The van der Waals surface area contributed by atoms with E-state index in [4.69, 9.17) is 10.2 Å². The van der Waals surface area contributed by atoms with Crippen LogP contribution in [0.4, 0.5) is 0 Å². The molecule has 0 atom stereocenters. The Kier molecular flexibility index (Phi) is 3.40. The zero-order chi connectivity index (χ0) is 11.4. The second-order valence-electron chi connectivity index (χ2n) is 2.95. The van der Waals surface area contributed by atoms with Crippen molar-refractivity contribution in [1.82, 2.24) is 15.1 Å². The van der Waals surface area contributed by atoms with Crippen molar-refractivity contribution < 1.29 is 19.8 Å². The Labute approximate surface area is 85.3 Å². The van der Waals surface area contributed by atoms with E-state index in [0.29, 0.717) is 5.69 Å². The molecule has 0 aliphatic heterocycles. The molecule has 0 saturated carbocycles. The molecule has 0 fully saturated rings. The summed E-state index contributed by atoms with van der Waals surface area (Å²) in [6.07, 6.45) is 0. The van der Waals surface area contributed by atoms with Gasteiger partial charge in [0, 0.05) is 13.6 Å². The van der Waals surface area contributed by atoms with E-state index < -0.39 is 11.9 Å². The lowest BCUT2D eigenvalue weighted by atomic mass is 10.3. The molecule has 7 heteroatoms. The van der Waals surface area contributed by atoms with Crippen LogP contribution >= 0.6 is 0 Å². The summed E-state index contributed by atoms with van der Waals surface area (Å²) in [4.78, 5) is 20.8. The topological polar surface area (TPSA) is 104 Å². The molecule has 1 rings (SSSR count). The van der Waals surface area contributed by atoms with Gasteiger partial charge in [-0.25, -0.2) is 4.79 Å².